The molecule has 1 aliphatic rings. The van der Waals surface area contributed by atoms with Crippen molar-refractivity contribution in [3.05, 3.63) is 84.4 Å². The van der Waals surface area contributed by atoms with Crippen LogP contribution in [0.2, 0.25) is 0 Å². The number of anilines is 2. The monoisotopic (exact) mass is 564 g/mol. The van der Waals surface area contributed by atoms with E-state index in [0.29, 0.717) is 37.2 Å². The lowest BCUT2D eigenvalue weighted by Crippen LogP contribution is -2.44. The number of likely N-dealkylation sites (tertiary alicyclic amines) is 1. The van der Waals surface area contributed by atoms with E-state index in [2.05, 4.69) is 37.8 Å². The van der Waals surface area contributed by atoms with Gasteiger partial charge in [-0.2, -0.15) is 5.10 Å². The molecule has 11 nitrogen and oxygen atoms in total. The highest BCUT2D eigenvalue weighted by molar-refractivity contribution is 5.98. The summed E-state index contributed by atoms with van der Waals surface area (Å²) >= 11 is 0. The van der Waals surface area contributed by atoms with Crippen LogP contribution < -0.4 is 15.4 Å². The molecule has 1 aliphatic heterocycles. The van der Waals surface area contributed by atoms with Crippen LogP contribution in [0.15, 0.2) is 73.3 Å². The Morgan fingerprint density at radius 2 is 2.00 bits per heavy atom. The van der Waals surface area contributed by atoms with E-state index in [0.717, 1.165) is 51.7 Å². The van der Waals surface area contributed by atoms with Crippen molar-refractivity contribution in [2.45, 2.75) is 32.4 Å². The summed E-state index contributed by atoms with van der Waals surface area (Å²) in [7, 11) is 1.91. The van der Waals surface area contributed by atoms with Gasteiger partial charge in [-0.05, 0) is 49.6 Å². The fraction of sp³-hybridized carbons (Fsp3) is 0.258. The molecule has 214 valence electrons. The molecular formula is C31H32N8O3. The van der Waals surface area contributed by atoms with E-state index in [1.54, 1.807) is 17.1 Å². The third-order valence-corrected chi connectivity index (χ3v) is 7.38. The molecule has 11 heteroatoms. The lowest BCUT2D eigenvalue weighted by molar-refractivity contribution is 0.132. The van der Waals surface area contributed by atoms with Crippen molar-refractivity contribution < 1.29 is 14.6 Å². The minimum atomic E-state index is -0.909. The Labute approximate surface area is 243 Å². The molecule has 1 atom stereocenters. The number of hydrogen-bond acceptors (Lipinski definition) is 8. The minimum Gasteiger partial charge on any atom is -0.465 e. The van der Waals surface area contributed by atoms with Gasteiger partial charge in [0.25, 0.3) is 0 Å². The van der Waals surface area contributed by atoms with E-state index in [4.69, 9.17) is 9.72 Å². The third-order valence-electron chi connectivity index (χ3n) is 7.38. The molecule has 0 aliphatic carbocycles. The van der Waals surface area contributed by atoms with Gasteiger partial charge in [0, 0.05) is 73.3 Å². The first-order chi connectivity index (χ1) is 20.4. The molecule has 2 aromatic carbocycles. The SMILES string of the molecule is Cc1ccc2c(NCc3cnn(C)c3)cccc2c1Oc1ncccc1-c1ccnc(N[C@H]2CCCN(C(=O)O)C2)n1. The Hall–Kier alpha value is -5.19. The van der Waals surface area contributed by atoms with Gasteiger partial charge in [-0.3, -0.25) is 4.68 Å². The van der Waals surface area contributed by atoms with Gasteiger partial charge in [0.05, 0.1) is 17.5 Å². The number of carbonyl (C=O) groups is 1. The Balaban J connectivity index is 1.27. The predicted octanol–water partition coefficient (Wildman–Crippen LogP) is 5.69. The van der Waals surface area contributed by atoms with Gasteiger partial charge < -0.3 is 25.4 Å². The van der Waals surface area contributed by atoms with Gasteiger partial charge >= 0.3 is 6.09 Å². The molecule has 3 N–H and O–H groups in total. The number of nitrogens with one attached hydrogen (secondary N) is 2. The fourth-order valence-electron chi connectivity index (χ4n) is 5.28. The molecule has 0 bridgehead atoms. The Kier molecular flexibility index (Phi) is 7.54. The maximum Gasteiger partial charge on any atom is 0.407 e. The second-order valence-electron chi connectivity index (χ2n) is 10.4. The van der Waals surface area contributed by atoms with Crippen LogP contribution in [0.5, 0.6) is 11.6 Å². The van der Waals surface area contributed by atoms with E-state index >= 15 is 0 Å². The number of carboxylic acid groups (broad SMARTS) is 1. The maximum absolute atomic E-state index is 11.4. The quantitative estimate of drug-likeness (QED) is 0.217. The number of amides is 1. The van der Waals surface area contributed by atoms with E-state index in [1.807, 2.05) is 62.8 Å². The number of aryl methyl sites for hydroxylation is 2. The minimum absolute atomic E-state index is 0.0611. The molecule has 1 saturated heterocycles. The largest absolute Gasteiger partial charge is 0.465 e. The molecule has 0 saturated carbocycles. The van der Waals surface area contributed by atoms with Crippen molar-refractivity contribution >= 4 is 28.5 Å². The van der Waals surface area contributed by atoms with E-state index in [-0.39, 0.29) is 6.04 Å². The van der Waals surface area contributed by atoms with Gasteiger partial charge in [0.2, 0.25) is 11.8 Å². The van der Waals surface area contributed by atoms with Crippen molar-refractivity contribution in [1.82, 2.24) is 29.6 Å². The van der Waals surface area contributed by atoms with Gasteiger partial charge in [-0.1, -0.05) is 24.3 Å². The van der Waals surface area contributed by atoms with Crippen LogP contribution in [0.1, 0.15) is 24.0 Å². The topological polar surface area (TPSA) is 130 Å². The molecule has 4 heterocycles. The van der Waals surface area contributed by atoms with Crippen molar-refractivity contribution in [2.24, 2.45) is 7.05 Å². The van der Waals surface area contributed by atoms with Crippen LogP contribution in [0.4, 0.5) is 16.4 Å². The zero-order valence-corrected chi connectivity index (χ0v) is 23.5. The summed E-state index contributed by atoms with van der Waals surface area (Å²) in [6.45, 7) is 3.61. The number of rotatable bonds is 8. The van der Waals surface area contributed by atoms with Gasteiger partial charge in [0.1, 0.15) is 5.75 Å². The summed E-state index contributed by atoms with van der Waals surface area (Å²) in [6, 6.07) is 15.8. The lowest BCUT2D eigenvalue weighted by atomic mass is 10.0. The summed E-state index contributed by atoms with van der Waals surface area (Å²) in [5, 5.41) is 22.5. The third kappa shape index (κ3) is 5.80. The van der Waals surface area contributed by atoms with E-state index in [9.17, 15) is 9.90 Å². The number of pyridine rings is 1. The summed E-state index contributed by atoms with van der Waals surface area (Å²) in [5.74, 6) is 1.59. The first kappa shape index (κ1) is 27.0. The van der Waals surface area contributed by atoms with Crippen LogP contribution in [-0.2, 0) is 13.6 Å². The zero-order chi connectivity index (χ0) is 29.1. The number of aromatic nitrogens is 5. The van der Waals surface area contributed by atoms with Crippen LogP contribution in [0.3, 0.4) is 0 Å². The van der Waals surface area contributed by atoms with Crippen LogP contribution in [0, 0.1) is 6.92 Å². The zero-order valence-electron chi connectivity index (χ0n) is 23.5. The Bertz CT molecular complexity index is 1740. The number of piperidine rings is 1. The average molecular weight is 565 g/mol. The van der Waals surface area contributed by atoms with Gasteiger partial charge in [-0.15, -0.1) is 0 Å². The molecule has 0 spiro atoms. The molecule has 5 aromatic rings. The number of nitrogens with zero attached hydrogens (tertiary/aromatic N) is 6. The standard InChI is InChI=1S/C31H32N8O3/c1-20-10-11-23-24(7-3-9-26(23)34-16-21-17-35-38(2)18-21)28(20)42-29-25(8-4-13-32-29)27-12-14-33-30(37-27)36-22-6-5-15-39(19-22)31(40)41/h3-4,7-14,17-18,22,34H,5-6,15-16,19H2,1-2H3,(H,40,41)(H,33,36,37)/t22-/m0/s1. The summed E-state index contributed by atoms with van der Waals surface area (Å²) in [5.41, 5.74) is 4.45. The highest BCUT2D eigenvalue weighted by atomic mass is 16.5. The van der Waals surface area contributed by atoms with Crippen LogP contribution in [0.25, 0.3) is 22.0 Å². The number of benzene rings is 2. The molecule has 0 radical (unpaired) electrons. The fourth-order valence-corrected chi connectivity index (χ4v) is 5.28. The summed E-state index contributed by atoms with van der Waals surface area (Å²) in [4.78, 5) is 26.6. The molecule has 6 rings (SSSR count). The summed E-state index contributed by atoms with van der Waals surface area (Å²) < 4.78 is 8.35. The van der Waals surface area contributed by atoms with Crippen LogP contribution in [-0.4, -0.2) is 60.0 Å². The van der Waals surface area contributed by atoms with Crippen molar-refractivity contribution in [3.63, 3.8) is 0 Å². The molecule has 3 aromatic heterocycles. The summed E-state index contributed by atoms with van der Waals surface area (Å²) in [6.07, 6.45) is 7.95. The van der Waals surface area contributed by atoms with E-state index in [1.165, 1.54) is 4.90 Å². The molecular weight excluding hydrogens is 532 g/mol. The Morgan fingerprint density at radius 1 is 1.10 bits per heavy atom. The lowest BCUT2D eigenvalue weighted by Gasteiger charge is -2.31. The number of ether oxygens (including phenoxy) is 1. The molecule has 1 amide bonds. The Morgan fingerprint density at radius 3 is 2.83 bits per heavy atom. The smallest absolute Gasteiger partial charge is 0.407 e. The molecule has 0 unspecified atom stereocenters. The second-order valence-corrected chi connectivity index (χ2v) is 10.4. The van der Waals surface area contributed by atoms with Crippen molar-refractivity contribution in [2.75, 3.05) is 23.7 Å². The normalized spacial score (nSPS) is 15.0. The number of fused-ring (bicyclic) bond motifs is 1. The number of hydrogen-bond donors (Lipinski definition) is 3. The van der Waals surface area contributed by atoms with Gasteiger partial charge in [-0.25, -0.2) is 19.7 Å². The van der Waals surface area contributed by atoms with Crippen LogP contribution >= 0.6 is 0 Å². The highest BCUT2D eigenvalue weighted by Gasteiger charge is 2.24. The second kappa shape index (κ2) is 11.7. The van der Waals surface area contributed by atoms with Gasteiger partial charge in [0.15, 0.2) is 0 Å². The first-order valence-electron chi connectivity index (χ1n) is 13.9. The maximum atomic E-state index is 11.4. The molecule has 1 fully saturated rings. The predicted molar refractivity (Wildman–Crippen MR) is 161 cm³/mol. The first-order valence-corrected chi connectivity index (χ1v) is 13.9. The van der Waals surface area contributed by atoms with E-state index < -0.39 is 6.09 Å². The highest BCUT2D eigenvalue weighted by Crippen LogP contribution is 2.38. The molecule has 42 heavy (non-hydrogen) atoms. The van der Waals surface area contributed by atoms with Crippen molar-refractivity contribution in [1.29, 1.82) is 0 Å². The average Bonchev–Trinajstić information content (AvgIpc) is 3.42. The van der Waals surface area contributed by atoms with Crippen molar-refractivity contribution in [3.8, 4) is 22.9 Å².